The number of nitrogens with zero attached hydrogens (tertiary/aromatic N) is 1. The largest absolute Gasteiger partial charge is 0.325 e. The molecule has 1 atom stereocenters. The van der Waals surface area contributed by atoms with Crippen molar-refractivity contribution in [1.82, 2.24) is 5.32 Å². The van der Waals surface area contributed by atoms with E-state index in [9.17, 15) is 4.79 Å². The lowest BCUT2D eigenvalue weighted by Gasteiger charge is -2.22. The maximum absolute atomic E-state index is 11.9. The second-order valence-corrected chi connectivity index (χ2v) is 6.29. The van der Waals surface area contributed by atoms with Gasteiger partial charge in [-0.2, -0.15) is 17.0 Å². The first-order chi connectivity index (χ1) is 9.19. The second-order valence-electron chi connectivity index (χ2n) is 4.28. The molecule has 0 spiro atoms. The van der Waals surface area contributed by atoms with Gasteiger partial charge >= 0.3 is 0 Å². The van der Waals surface area contributed by atoms with Crippen LogP contribution in [0.25, 0.3) is 0 Å². The summed E-state index contributed by atoms with van der Waals surface area (Å²) in [7, 11) is 0. The maximum Gasteiger partial charge on any atom is 0.226 e. The molecule has 100 valence electrons. The quantitative estimate of drug-likeness (QED) is 0.887. The summed E-state index contributed by atoms with van der Waals surface area (Å²) in [6.07, 6.45) is 0.472. The van der Waals surface area contributed by atoms with Gasteiger partial charge in [0.1, 0.15) is 0 Å². The molecular weight excluding hydrogens is 326 g/mol. The molecule has 1 heterocycles. The smallest absolute Gasteiger partial charge is 0.226 e. The topological polar surface area (TPSA) is 64.9 Å². The third-order valence-electron chi connectivity index (χ3n) is 2.80. The van der Waals surface area contributed by atoms with Gasteiger partial charge in [0.2, 0.25) is 5.91 Å². The Kier molecular flexibility index (Phi) is 5.25. The van der Waals surface area contributed by atoms with Crippen LogP contribution in [-0.2, 0) is 4.79 Å². The minimum absolute atomic E-state index is 0.00888. The van der Waals surface area contributed by atoms with Gasteiger partial charge in [-0.05, 0) is 34.1 Å². The summed E-state index contributed by atoms with van der Waals surface area (Å²) in [5, 5.41) is 15.0. The number of amides is 1. The second kappa shape index (κ2) is 6.94. The van der Waals surface area contributed by atoms with Gasteiger partial charge in [-0.15, -0.1) is 0 Å². The Hall–Kier alpha value is -1.03. The number of nitriles is 1. The molecule has 19 heavy (non-hydrogen) atoms. The Balaban J connectivity index is 1.93. The van der Waals surface area contributed by atoms with Crippen LogP contribution in [0.5, 0.6) is 0 Å². The highest BCUT2D eigenvalue weighted by Crippen LogP contribution is 2.23. The van der Waals surface area contributed by atoms with Crippen LogP contribution in [0.2, 0.25) is 0 Å². The Morgan fingerprint density at radius 2 is 2.47 bits per heavy atom. The van der Waals surface area contributed by atoms with Crippen LogP contribution in [0.15, 0.2) is 22.7 Å². The summed E-state index contributed by atoms with van der Waals surface area (Å²) >= 11 is 5.23. The Morgan fingerprint density at radius 1 is 1.63 bits per heavy atom. The lowest BCUT2D eigenvalue weighted by Crippen LogP contribution is -2.39. The van der Waals surface area contributed by atoms with Crippen LogP contribution in [0.4, 0.5) is 5.69 Å². The van der Waals surface area contributed by atoms with E-state index < -0.39 is 0 Å². The zero-order chi connectivity index (χ0) is 13.7. The number of nitrogens with one attached hydrogen (secondary N) is 2. The summed E-state index contributed by atoms with van der Waals surface area (Å²) in [6.45, 7) is 0.961. The van der Waals surface area contributed by atoms with Crippen LogP contribution in [0, 0.1) is 11.3 Å². The van der Waals surface area contributed by atoms with Gasteiger partial charge in [0.05, 0.1) is 17.3 Å². The number of hydrogen-bond donors (Lipinski definition) is 2. The van der Waals surface area contributed by atoms with E-state index in [2.05, 4.69) is 32.6 Å². The molecule has 0 bridgehead atoms. The summed E-state index contributed by atoms with van der Waals surface area (Å²) in [4.78, 5) is 11.9. The molecule has 1 aliphatic heterocycles. The van der Waals surface area contributed by atoms with Crippen molar-refractivity contribution in [2.75, 3.05) is 23.4 Å². The average molecular weight is 340 g/mol. The molecule has 0 saturated carbocycles. The van der Waals surface area contributed by atoms with Crippen molar-refractivity contribution < 1.29 is 4.79 Å². The number of carbonyl (C=O) groups is 1. The molecule has 0 aliphatic carbocycles. The van der Waals surface area contributed by atoms with Crippen LogP contribution in [0.1, 0.15) is 12.0 Å². The van der Waals surface area contributed by atoms with Crippen molar-refractivity contribution in [1.29, 1.82) is 5.26 Å². The van der Waals surface area contributed by atoms with E-state index in [0.29, 0.717) is 17.7 Å². The van der Waals surface area contributed by atoms with Gasteiger partial charge in [-0.3, -0.25) is 4.79 Å². The van der Waals surface area contributed by atoms with Gasteiger partial charge in [-0.25, -0.2) is 0 Å². The van der Waals surface area contributed by atoms with Crippen molar-refractivity contribution in [2.24, 2.45) is 0 Å². The van der Waals surface area contributed by atoms with E-state index in [1.807, 2.05) is 11.8 Å². The Labute approximate surface area is 125 Å². The standard InChI is InChI=1S/C13H14BrN3OS/c14-11-5-9(7-15)1-2-12(11)17-13(18)6-10-8-19-4-3-16-10/h1-2,5,10,16H,3-4,6,8H2,(H,17,18). The fourth-order valence-electron chi connectivity index (χ4n) is 1.86. The third-order valence-corrected chi connectivity index (χ3v) is 4.59. The first-order valence-electron chi connectivity index (χ1n) is 5.99. The van der Waals surface area contributed by atoms with Crippen molar-refractivity contribution in [2.45, 2.75) is 12.5 Å². The molecule has 1 aromatic rings. The average Bonchev–Trinajstić information content (AvgIpc) is 2.42. The molecule has 1 aliphatic rings. The normalized spacial score (nSPS) is 18.6. The Morgan fingerprint density at radius 3 is 3.11 bits per heavy atom. The molecule has 1 aromatic carbocycles. The first kappa shape index (κ1) is 14.4. The van der Waals surface area contributed by atoms with Crippen LogP contribution < -0.4 is 10.6 Å². The number of hydrogen-bond acceptors (Lipinski definition) is 4. The fraction of sp³-hybridized carbons (Fsp3) is 0.385. The molecule has 2 N–H and O–H groups in total. The predicted molar refractivity (Wildman–Crippen MR) is 81.2 cm³/mol. The van der Waals surface area contributed by atoms with Gasteiger partial charge in [0.15, 0.2) is 0 Å². The predicted octanol–water partition coefficient (Wildman–Crippen LogP) is 2.35. The number of benzene rings is 1. The van der Waals surface area contributed by atoms with Crippen molar-refractivity contribution in [3.05, 3.63) is 28.2 Å². The molecule has 1 amide bonds. The number of rotatable bonds is 3. The molecule has 4 nitrogen and oxygen atoms in total. The number of thioether (sulfide) groups is 1. The lowest BCUT2D eigenvalue weighted by molar-refractivity contribution is -0.116. The molecule has 0 aromatic heterocycles. The van der Waals surface area contributed by atoms with E-state index in [4.69, 9.17) is 5.26 Å². The van der Waals surface area contributed by atoms with Crippen molar-refractivity contribution in [3.63, 3.8) is 0 Å². The number of anilines is 1. The van der Waals surface area contributed by atoms with E-state index >= 15 is 0 Å². The van der Waals surface area contributed by atoms with Crippen LogP contribution in [0.3, 0.4) is 0 Å². The molecule has 1 fully saturated rings. The highest BCUT2D eigenvalue weighted by molar-refractivity contribution is 9.10. The van der Waals surface area contributed by atoms with Crippen LogP contribution in [-0.4, -0.2) is 30.0 Å². The molecule has 0 radical (unpaired) electrons. The Bertz CT molecular complexity index is 509. The zero-order valence-corrected chi connectivity index (χ0v) is 12.7. The van der Waals surface area contributed by atoms with Gasteiger partial charge < -0.3 is 10.6 Å². The molecular formula is C13H14BrN3OS. The van der Waals surface area contributed by atoms with Gasteiger partial charge in [0.25, 0.3) is 0 Å². The first-order valence-corrected chi connectivity index (χ1v) is 7.94. The van der Waals surface area contributed by atoms with Crippen molar-refractivity contribution >= 4 is 39.3 Å². The highest BCUT2D eigenvalue weighted by atomic mass is 79.9. The van der Waals surface area contributed by atoms with E-state index in [0.717, 1.165) is 22.5 Å². The van der Waals surface area contributed by atoms with E-state index in [1.54, 1.807) is 18.2 Å². The van der Waals surface area contributed by atoms with Crippen LogP contribution >= 0.6 is 27.7 Å². The van der Waals surface area contributed by atoms with E-state index in [-0.39, 0.29) is 11.9 Å². The highest BCUT2D eigenvalue weighted by Gasteiger charge is 2.17. The van der Waals surface area contributed by atoms with Crippen molar-refractivity contribution in [3.8, 4) is 6.07 Å². The zero-order valence-electron chi connectivity index (χ0n) is 10.3. The molecule has 6 heteroatoms. The lowest BCUT2D eigenvalue weighted by atomic mass is 10.2. The molecule has 1 unspecified atom stereocenters. The monoisotopic (exact) mass is 339 g/mol. The minimum Gasteiger partial charge on any atom is -0.325 e. The van der Waals surface area contributed by atoms with Gasteiger partial charge in [-0.1, -0.05) is 0 Å². The summed E-state index contributed by atoms with van der Waals surface area (Å²) in [5.74, 6) is 2.08. The van der Waals surface area contributed by atoms with Gasteiger partial charge in [0, 0.05) is 35.0 Å². The third kappa shape index (κ3) is 4.23. The summed E-state index contributed by atoms with van der Waals surface area (Å²) in [5.41, 5.74) is 1.27. The van der Waals surface area contributed by atoms with E-state index in [1.165, 1.54) is 0 Å². The maximum atomic E-state index is 11.9. The minimum atomic E-state index is -0.00888. The summed E-state index contributed by atoms with van der Waals surface area (Å²) in [6, 6.07) is 7.43. The molecule has 1 saturated heterocycles. The number of halogens is 1. The fourth-order valence-corrected chi connectivity index (χ4v) is 3.29. The SMILES string of the molecule is N#Cc1ccc(NC(=O)CC2CSCCN2)c(Br)c1. The number of carbonyl (C=O) groups excluding carboxylic acids is 1. The molecule has 2 rings (SSSR count). The summed E-state index contributed by atoms with van der Waals surface area (Å²) < 4.78 is 0.728.